The number of halogens is 1. The van der Waals surface area contributed by atoms with E-state index in [1.807, 2.05) is 16.5 Å². The Kier molecular flexibility index (Phi) is 5.16. The van der Waals surface area contributed by atoms with Gasteiger partial charge in [0.1, 0.15) is 0 Å². The Hall–Kier alpha value is -3.63. The van der Waals surface area contributed by atoms with E-state index >= 15 is 0 Å². The van der Waals surface area contributed by atoms with E-state index in [-0.39, 0.29) is 11.9 Å². The highest BCUT2D eigenvalue weighted by atomic mass is 35.5. The molecule has 2 aromatic carbocycles. The minimum atomic E-state index is -0.146. The molecule has 1 amide bonds. The summed E-state index contributed by atoms with van der Waals surface area (Å²) in [6.45, 7) is 2.84. The van der Waals surface area contributed by atoms with Crippen LogP contribution in [0.3, 0.4) is 0 Å². The van der Waals surface area contributed by atoms with E-state index in [1.54, 1.807) is 30.5 Å². The molecule has 1 fully saturated rings. The first-order chi connectivity index (χ1) is 15.6. The van der Waals surface area contributed by atoms with Gasteiger partial charge >= 0.3 is 0 Å². The number of hydrogen-bond acceptors (Lipinski definition) is 5. The molecule has 0 bridgehead atoms. The third-order valence-electron chi connectivity index (χ3n) is 5.52. The number of benzene rings is 2. The predicted octanol–water partition coefficient (Wildman–Crippen LogP) is 4.79. The van der Waals surface area contributed by atoms with Crippen molar-refractivity contribution in [1.82, 2.24) is 19.7 Å². The fraction of sp³-hybridized carbons (Fsp3) is 0.250. The molecule has 0 unspecified atom stereocenters. The lowest BCUT2D eigenvalue weighted by molar-refractivity contribution is 0.0951. The zero-order chi connectivity index (χ0) is 22.2. The molecule has 4 aromatic rings. The van der Waals surface area contributed by atoms with Crippen LogP contribution in [0, 0.1) is 11.3 Å². The maximum atomic E-state index is 12.5. The summed E-state index contributed by atoms with van der Waals surface area (Å²) in [6.07, 6.45) is 4.76. The fourth-order valence-corrected chi connectivity index (χ4v) is 3.99. The third kappa shape index (κ3) is 3.63. The van der Waals surface area contributed by atoms with Gasteiger partial charge < -0.3 is 10.6 Å². The summed E-state index contributed by atoms with van der Waals surface area (Å²) in [7, 11) is 0. The Morgan fingerprint density at radius 2 is 2.12 bits per heavy atom. The summed E-state index contributed by atoms with van der Waals surface area (Å²) in [4.78, 5) is 21.8. The Bertz CT molecular complexity index is 1400. The smallest absolute Gasteiger partial charge is 0.253 e. The first kappa shape index (κ1) is 20.3. The monoisotopic (exact) mass is 444 g/mol. The summed E-state index contributed by atoms with van der Waals surface area (Å²) in [6, 6.07) is 13.3. The summed E-state index contributed by atoms with van der Waals surface area (Å²) in [5.41, 5.74) is 4.89. The van der Waals surface area contributed by atoms with Crippen LogP contribution in [0.1, 0.15) is 42.1 Å². The Morgan fingerprint density at radius 3 is 2.84 bits per heavy atom. The van der Waals surface area contributed by atoms with Crippen LogP contribution in [0.2, 0.25) is 5.02 Å². The maximum Gasteiger partial charge on any atom is 0.253 e. The maximum absolute atomic E-state index is 12.5. The summed E-state index contributed by atoms with van der Waals surface area (Å²) < 4.78 is 2.01. The van der Waals surface area contributed by atoms with Crippen molar-refractivity contribution >= 4 is 40.0 Å². The van der Waals surface area contributed by atoms with Crippen LogP contribution >= 0.6 is 11.6 Å². The second-order valence-electron chi connectivity index (χ2n) is 7.95. The number of fused-ring (bicyclic) bond motifs is 3. The first-order valence-electron chi connectivity index (χ1n) is 10.6. The minimum Gasteiger partial charge on any atom is -0.367 e. The molecule has 5 rings (SSSR count). The van der Waals surface area contributed by atoms with Gasteiger partial charge in [-0.3, -0.25) is 9.20 Å². The average molecular weight is 445 g/mol. The zero-order valence-electron chi connectivity index (χ0n) is 17.5. The van der Waals surface area contributed by atoms with E-state index in [4.69, 9.17) is 16.6 Å². The third-order valence-corrected chi connectivity index (χ3v) is 5.83. The standard InChI is InChI=1S/C24H21ClN6O/c1-2-9-27-22-23-28-13-21(31(23)20-8-3-14(12-26)10-19(20)30-22)15-4-7-17(18(25)11-15)24(32)29-16-5-6-16/h3-4,7-8,10-11,13,16H,2,5-6,9H2,1H3,(H,27,30)(H,29,32). The highest BCUT2D eigenvalue weighted by molar-refractivity contribution is 6.34. The molecule has 1 aliphatic rings. The first-order valence-corrected chi connectivity index (χ1v) is 11.0. The SMILES string of the molecule is CCCNc1nc2cc(C#N)ccc2n2c(-c3ccc(C(=O)NC4CC4)c(Cl)c3)cnc12. The second kappa shape index (κ2) is 8.13. The lowest BCUT2D eigenvalue weighted by Gasteiger charge is -2.12. The van der Waals surface area contributed by atoms with Gasteiger partial charge in [0.2, 0.25) is 0 Å². The van der Waals surface area contributed by atoms with Gasteiger partial charge in [-0.05, 0) is 49.6 Å². The molecule has 160 valence electrons. The number of hydrogen-bond donors (Lipinski definition) is 2. The summed E-state index contributed by atoms with van der Waals surface area (Å²) >= 11 is 6.50. The van der Waals surface area contributed by atoms with Gasteiger partial charge in [-0.1, -0.05) is 24.6 Å². The Morgan fingerprint density at radius 1 is 1.28 bits per heavy atom. The lowest BCUT2D eigenvalue weighted by Crippen LogP contribution is -2.25. The van der Waals surface area contributed by atoms with Gasteiger partial charge in [0.15, 0.2) is 11.5 Å². The van der Waals surface area contributed by atoms with Crippen molar-refractivity contribution in [3.63, 3.8) is 0 Å². The minimum absolute atomic E-state index is 0.146. The molecule has 1 aliphatic carbocycles. The van der Waals surface area contributed by atoms with Crippen molar-refractivity contribution < 1.29 is 4.79 Å². The summed E-state index contributed by atoms with van der Waals surface area (Å²) in [5.74, 6) is 0.513. The normalized spacial score (nSPS) is 13.3. The van der Waals surface area contributed by atoms with Gasteiger partial charge in [0.25, 0.3) is 5.91 Å². The van der Waals surface area contributed by atoms with Gasteiger partial charge in [0.05, 0.1) is 45.1 Å². The van der Waals surface area contributed by atoms with E-state index in [2.05, 4.69) is 28.6 Å². The number of imidazole rings is 1. The van der Waals surface area contributed by atoms with Crippen molar-refractivity contribution in [3.8, 4) is 17.3 Å². The molecule has 7 nitrogen and oxygen atoms in total. The molecular formula is C24H21ClN6O. The number of anilines is 1. The lowest BCUT2D eigenvalue weighted by atomic mass is 10.1. The molecular weight excluding hydrogens is 424 g/mol. The van der Waals surface area contributed by atoms with E-state index < -0.39 is 0 Å². The molecule has 2 aromatic heterocycles. The Balaban J connectivity index is 1.65. The number of carbonyl (C=O) groups is 1. The second-order valence-corrected chi connectivity index (χ2v) is 8.35. The number of carbonyl (C=O) groups excluding carboxylic acids is 1. The van der Waals surface area contributed by atoms with Crippen LogP contribution in [0.25, 0.3) is 27.9 Å². The highest BCUT2D eigenvalue weighted by Crippen LogP contribution is 2.31. The van der Waals surface area contributed by atoms with Crippen molar-refractivity contribution in [2.45, 2.75) is 32.2 Å². The average Bonchev–Trinajstić information content (AvgIpc) is 3.50. The molecule has 0 radical (unpaired) electrons. The quantitative estimate of drug-likeness (QED) is 0.446. The largest absolute Gasteiger partial charge is 0.367 e. The van der Waals surface area contributed by atoms with Crippen LogP contribution < -0.4 is 10.6 Å². The van der Waals surface area contributed by atoms with E-state index in [0.29, 0.717) is 33.1 Å². The molecule has 2 heterocycles. The molecule has 2 N–H and O–H groups in total. The zero-order valence-corrected chi connectivity index (χ0v) is 18.3. The Labute approximate surface area is 190 Å². The molecule has 32 heavy (non-hydrogen) atoms. The van der Waals surface area contributed by atoms with Crippen LogP contribution in [0.15, 0.2) is 42.6 Å². The molecule has 0 saturated heterocycles. The van der Waals surface area contributed by atoms with E-state index in [9.17, 15) is 10.1 Å². The van der Waals surface area contributed by atoms with Crippen LogP contribution in [-0.4, -0.2) is 32.9 Å². The molecule has 0 atom stereocenters. The number of rotatable bonds is 6. The number of amides is 1. The van der Waals surface area contributed by atoms with Gasteiger partial charge in [-0.15, -0.1) is 0 Å². The van der Waals surface area contributed by atoms with Crippen molar-refractivity contribution in [2.75, 3.05) is 11.9 Å². The van der Waals surface area contributed by atoms with Crippen LogP contribution in [0.4, 0.5) is 5.82 Å². The van der Waals surface area contributed by atoms with E-state index in [0.717, 1.165) is 42.6 Å². The molecule has 8 heteroatoms. The van der Waals surface area contributed by atoms with Crippen molar-refractivity contribution in [3.05, 3.63) is 58.7 Å². The van der Waals surface area contributed by atoms with Crippen LogP contribution in [-0.2, 0) is 0 Å². The molecule has 0 spiro atoms. The van der Waals surface area contributed by atoms with Gasteiger partial charge in [-0.2, -0.15) is 5.26 Å². The van der Waals surface area contributed by atoms with Gasteiger partial charge in [-0.25, -0.2) is 9.97 Å². The topological polar surface area (TPSA) is 95.1 Å². The fourth-order valence-electron chi connectivity index (χ4n) is 3.72. The van der Waals surface area contributed by atoms with E-state index in [1.165, 1.54) is 0 Å². The number of aromatic nitrogens is 3. The molecule has 1 saturated carbocycles. The van der Waals surface area contributed by atoms with Crippen LogP contribution in [0.5, 0.6) is 0 Å². The van der Waals surface area contributed by atoms with Gasteiger partial charge in [0, 0.05) is 18.2 Å². The number of nitrogens with one attached hydrogen (secondary N) is 2. The summed E-state index contributed by atoms with van der Waals surface area (Å²) in [5, 5.41) is 16.0. The number of nitrogens with zero attached hydrogens (tertiary/aromatic N) is 4. The van der Waals surface area contributed by atoms with Crippen molar-refractivity contribution in [2.24, 2.45) is 0 Å². The highest BCUT2D eigenvalue weighted by Gasteiger charge is 2.25. The predicted molar refractivity (Wildman–Crippen MR) is 125 cm³/mol. The molecule has 0 aliphatic heterocycles. The van der Waals surface area contributed by atoms with Crippen molar-refractivity contribution in [1.29, 1.82) is 5.26 Å². The number of nitriles is 1.